The van der Waals surface area contributed by atoms with E-state index in [1.54, 1.807) is 16.7 Å². The Morgan fingerprint density at radius 1 is 1.07 bits per heavy atom. The summed E-state index contributed by atoms with van der Waals surface area (Å²) in [6.45, 7) is 3.42. The van der Waals surface area contributed by atoms with Crippen molar-refractivity contribution in [3.63, 3.8) is 0 Å². The highest BCUT2D eigenvalue weighted by Gasteiger charge is 2.39. The predicted molar refractivity (Wildman–Crippen MR) is 114 cm³/mol. The van der Waals surface area contributed by atoms with E-state index in [0.29, 0.717) is 32.0 Å². The molecule has 5 nitrogen and oxygen atoms in total. The van der Waals surface area contributed by atoms with Gasteiger partial charge in [-0.05, 0) is 43.4 Å². The lowest BCUT2D eigenvalue weighted by Crippen LogP contribution is -2.51. The van der Waals surface area contributed by atoms with E-state index in [1.165, 1.54) is 18.2 Å². The molecule has 1 amide bonds. The number of nitrogens with one attached hydrogen (secondary N) is 1. The van der Waals surface area contributed by atoms with Gasteiger partial charge in [-0.25, -0.2) is 8.78 Å². The number of carbonyl (C=O) groups excluding carboxylic acids is 1. The molecule has 2 aliphatic rings. The Kier molecular flexibility index (Phi) is 5.78. The third kappa shape index (κ3) is 3.68. The van der Waals surface area contributed by atoms with Crippen molar-refractivity contribution in [1.82, 2.24) is 10.2 Å². The van der Waals surface area contributed by atoms with Crippen LogP contribution in [-0.4, -0.2) is 42.2 Å². The fourth-order valence-electron chi connectivity index (χ4n) is 3.85. The van der Waals surface area contributed by atoms with Crippen LogP contribution in [0.2, 0.25) is 0 Å². The Morgan fingerprint density at radius 2 is 1.70 bits per heavy atom. The molecular weight excluding hydrogens is 408 g/mol. The van der Waals surface area contributed by atoms with E-state index in [9.17, 15) is 13.6 Å². The van der Waals surface area contributed by atoms with E-state index in [4.69, 9.17) is 17.0 Å². The number of morpholine rings is 1. The molecule has 4 rings (SSSR count). The number of amides is 1. The van der Waals surface area contributed by atoms with Crippen LogP contribution < -0.4 is 10.2 Å². The van der Waals surface area contributed by atoms with Gasteiger partial charge in [0.15, 0.2) is 5.11 Å². The van der Waals surface area contributed by atoms with Crippen LogP contribution in [0.5, 0.6) is 0 Å². The minimum absolute atomic E-state index is 0.219. The van der Waals surface area contributed by atoms with Crippen LogP contribution in [0.1, 0.15) is 18.5 Å². The van der Waals surface area contributed by atoms with E-state index in [-0.39, 0.29) is 22.2 Å². The van der Waals surface area contributed by atoms with Crippen molar-refractivity contribution in [3.8, 4) is 0 Å². The summed E-state index contributed by atoms with van der Waals surface area (Å²) in [4.78, 5) is 16.9. The van der Waals surface area contributed by atoms with Crippen LogP contribution in [0, 0.1) is 11.6 Å². The molecule has 2 aromatic carbocycles. The van der Waals surface area contributed by atoms with Crippen LogP contribution in [0.25, 0.3) is 0 Å². The molecule has 0 saturated carbocycles. The number of ether oxygens (including phenoxy) is 1. The van der Waals surface area contributed by atoms with Gasteiger partial charge in [-0.3, -0.25) is 9.69 Å². The van der Waals surface area contributed by atoms with Crippen LogP contribution >= 0.6 is 12.2 Å². The normalized spacial score (nSPS) is 19.7. The molecule has 2 heterocycles. The van der Waals surface area contributed by atoms with Crippen LogP contribution in [0.15, 0.2) is 59.8 Å². The first-order valence-corrected chi connectivity index (χ1v) is 10.1. The van der Waals surface area contributed by atoms with Crippen molar-refractivity contribution >= 4 is 28.9 Å². The highest BCUT2D eigenvalue weighted by Crippen LogP contribution is 2.36. The van der Waals surface area contributed by atoms with E-state index in [1.807, 2.05) is 30.3 Å². The monoisotopic (exact) mass is 429 g/mol. The number of allylic oxidation sites excluding steroid dienone is 1. The Hall–Kier alpha value is -2.84. The average Bonchev–Trinajstić information content (AvgIpc) is 2.74. The maximum absolute atomic E-state index is 14.7. The van der Waals surface area contributed by atoms with Crippen molar-refractivity contribution in [1.29, 1.82) is 0 Å². The third-order valence-electron chi connectivity index (χ3n) is 5.32. The molecule has 30 heavy (non-hydrogen) atoms. The number of anilines is 1. The molecule has 1 fully saturated rings. The molecule has 0 aliphatic carbocycles. The summed E-state index contributed by atoms with van der Waals surface area (Å²) < 4.78 is 34.7. The van der Waals surface area contributed by atoms with Crippen molar-refractivity contribution in [2.45, 2.75) is 13.0 Å². The summed E-state index contributed by atoms with van der Waals surface area (Å²) in [7, 11) is 0. The van der Waals surface area contributed by atoms with E-state index in [2.05, 4.69) is 5.32 Å². The Morgan fingerprint density at radius 3 is 2.33 bits per heavy atom. The number of benzene rings is 2. The lowest BCUT2D eigenvalue weighted by atomic mass is 9.92. The Bertz CT molecular complexity index is 986. The highest BCUT2D eigenvalue weighted by molar-refractivity contribution is 7.80. The largest absolute Gasteiger partial charge is 0.378 e. The molecule has 1 atom stereocenters. The molecule has 1 N–H and O–H groups in total. The van der Waals surface area contributed by atoms with E-state index < -0.39 is 17.7 Å². The molecule has 0 radical (unpaired) electrons. The molecule has 2 aromatic rings. The van der Waals surface area contributed by atoms with E-state index in [0.717, 1.165) is 5.69 Å². The van der Waals surface area contributed by atoms with Crippen LogP contribution in [0.3, 0.4) is 0 Å². The molecule has 8 heteroatoms. The van der Waals surface area contributed by atoms with Gasteiger partial charge >= 0.3 is 0 Å². The standard InChI is InChI=1S/C22H21F2N3O2S/c1-14-18(21(28)26-10-12-29-13-11-26)20(19-16(23)8-5-9-17(19)24)25-22(30)27(14)15-6-3-2-4-7-15/h2-9,20H,10-13H2,1H3,(H,25,30)/t20-/m0/s1. The van der Waals surface area contributed by atoms with Crippen LogP contribution in [-0.2, 0) is 9.53 Å². The lowest BCUT2D eigenvalue weighted by Gasteiger charge is -2.40. The fraction of sp³-hybridized carbons (Fsp3) is 0.273. The smallest absolute Gasteiger partial charge is 0.254 e. The molecular formula is C22H21F2N3O2S. The predicted octanol–water partition coefficient (Wildman–Crippen LogP) is 3.53. The number of carbonyl (C=O) groups is 1. The molecule has 1 saturated heterocycles. The Balaban J connectivity index is 1.86. The van der Waals surface area contributed by atoms with Crippen molar-refractivity contribution in [2.24, 2.45) is 0 Å². The first-order chi connectivity index (χ1) is 14.5. The first kappa shape index (κ1) is 20.4. The minimum Gasteiger partial charge on any atom is -0.378 e. The van der Waals surface area contributed by atoms with Crippen LogP contribution in [0.4, 0.5) is 14.5 Å². The topological polar surface area (TPSA) is 44.8 Å². The van der Waals surface area contributed by atoms with Gasteiger partial charge in [-0.15, -0.1) is 0 Å². The number of para-hydroxylation sites is 1. The SMILES string of the molecule is CC1=C(C(=O)N2CCOCC2)[C@@H](c2c(F)cccc2F)NC(=S)N1c1ccccc1. The highest BCUT2D eigenvalue weighted by atomic mass is 32.1. The minimum atomic E-state index is -1.03. The number of rotatable bonds is 3. The van der Waals surface area contributed by atoms with Gasteiger partial charge in [0.25, 0.3) is 5.91 Å². The summed E-state index contributed by atoms with van der Waals surface area (Å²) in [6.07, 6.45) is 0. The zero-order chi connectivity index (χ0) is 21.3. The Labute approximate surface area is 178 Å². The second-order valence-electron chi connectivity index (χ2n) is 7.09. The molecule has 0 aromatic heterocycles. The van der Waals surface area contributed by atoms with Gasteiger partial charge in [0.2, 0.25) is 0 Å². The number of hydrogen-bond acceptors (Lipinski definition) is 3. The molecule has 0 bridgehead atoms. The maximum Gasteiger partial charge on any atom is 0.254 e. The van der Waals surface area contributed by atoms with Gasteiger partial charge in [0.05, 0.1) is 30.4 Å². The second-order valence-corrected chi connectivity index (χ2v) is 7.48. The van der Waals surface area contributed by atoms with Gasteiger partial charge < -0.3 is 15.0 Å². The van der Waals surface area contributed by atoms with Gasteiger partial charge in [0.1, 0.15) is 11.6 Å². The van der Waals surface area contributed by atoms with Gasteiger partial charge in [-0.2, -0.15) is 0 Å². The average molecular weight is 429 g/mol. The fourth-order valence-corrected chi connectivity index (χ4v) is 4.21. The lowest BCUT2D eigenvalue weighted by molar-refractivity contribution is -0.131. The summed E-state index contributed by atoms with van der Waals surface area (Å²) in [5, 5.41) is 3.27. The zero-order valence-electron chi connectivity index (χ0n) is 16.4. The summed E-state index contributed by atoms with van der Waals surface area (Å²) in [6, 6.07) is 11.9. The quantitative estimate of drug-likeness (QED) is 0.757. The maximum atomic E-state index is 14.7. The summed E-state index contributed by atoms with van der Waals surface area (Å²) in [5.41, 5.74) is 1.34. The summed E-state index contributed by atoms with van der Waals surface area (Å²) >= 11 is 5.54. The molecule has 0 unspecified atom stereocenters. The van der Waals surface area contributed by atoms with Crippen molar-refractivity contribution < 1.29 is 18.3 Å². The second kappa shape index (κ2) is 8.49. The van der Waals surface area contributed by atoms with E-state index >= 15 is 0 Å². The number of thiocarbonyl (C=S) groups is 1. The number of nitrogens with zero attached hydrogens (tertiary/aromatic N) is 2. The number of halogens is 2. The van der Waals surface area contributed by atoms with Gasteiger partial charge in [0, 0.05) is 24.5 Å². The van der Waals surface area contributed by atoms with Crippen molar-refractivity contribution in [2.75, 3.05) is 31.2 Å². The number of hydrogen-bond donors (Lipinski definition) is 1. The van der Waals surface area contributed by atoms with Crippen molar-refractivity contribution in [3.05, 3.63) is 77.0 Å². The summed E-state index contributed by atoms with van der Waals surface area (Å²) in [5.74, 6) is -1.76. The first-order valence-electron chi connectivity index (χ1n) is 9.66. The van der Waals surface area contributed by atoms with Gasteiger partial charge in [-0.1, -0.05) is 24.3 Å². The third-order valence-corrected chi connectivity index (χ3v) is 5.62. The molecule has 0 spiro atoms. The molecule has 156 valence electrons. The zero-order valence-corrected chi connectivity index (χ0v) is 17.2. The molecule has 2 aliphatic heterocycles.